The molecule has 0 radical (unpaired) electrons. The van der Waals surface area contributed by atoms with Crippen LogP contribution >= 0.6 is 0 Å². The van der Waals surface area contributed by atoms with Gasteiger partial charge in [0, 0.05) is 6.54 Å². The Labute approximate surface area is 97.2 Å². The zero-order valence-electron chi connectivity index (χ0n) is 10.5. The maximum absolute atomic E-state index is 11.9. The standard InChI is InChI=1S/C12H20N2O2/c1-9(8-13)10-6-5-7-14(10)11(15)16-12(2,3)4/h9-10H,5-7H2,1-4H3/t9-,10-/m1/s1. The molecule has 16 heavy (non-hydrogen) atoms. The number of likely N-dealkylation sites (tertiary alicyclic amines) is 1. The Kier molecular flexibility index (Phi) is 3.79. The van der Waals surface area contributed by atoms with E-state index in [-0.39, 0.29) is 18.1 Å². The van der Waals surface area contributed by atoms with Gasteiger partial charge in [0.25, 0.3) is 0 Å². The van der Waals surface area contributed by atoms with Crippen molar-refractivity contribution in [3.05, 3.63) is 0 Å². The largest absolute Gasteiger partial charge is 0.444 e. The summed E-state index contributed by atoms with van der Waals surface area (Å²) in [6.07, 6.45) is 1.56. The number of hydrogen-bond donors (Lipinski definition) is 0. The molecule has 1 heterocycles. The van der Waals surface area contributed by atoms with Gasteiger partial charge in [0.1, 0.15) is 5.60 Å². The highest BCUT2D eigenvalue weighted by molar-refractivity contribution is 5.69. The van der Waals surface area contributed by atoms with Crippen LogP contribution in [0.15, 0.2) is 0 Å². The fraction of sp³-hybridized carbons (Fsp3) is 0.833. The van der Waals surface area contributed by atoms with Gasteiger partial charge in [0.15, 0.2) is 0 Å². The van der Waals surface area contributed by atoms with E-state index in [1.807, 2.05) is 27.7 Å². The van der Waals surface area contributed by atoms with Gasteiger partial charge >= 0.3 is 6.09 Å². The van der Waals surface area contributed by atoms with Crippen LogP contribution in [0.5, 0.6) is 0 Å². The summed E-state index contributed by atoms with van der Waals surface area (Å²) in [5.41, 5.74) is -0.472. The maximum atomic E-state index is 11.9. The lowest BCUT2D eigenvalue weighted by atomic mass is 10.0. The van der Waals surface area contributed by atoms with Gasteiger partial charge in [-0.3, -0.25) is 0 Å². The van der Waals surface area contributed by atoms with Crippen LogP contribution in [0, 0.1) is 17.2 Å². The third-order valence-electron chi connectivity index (χ3n) is 2.71. The van der Waals surface area contributed by atoms with Crippen molar-refractivity contribution >= 4 is 6.09 Å². The zero-order valence-corrected chi connectivity index (χ0v) is 10.5. The highest BCUT2D eigenvalue weighted by atomic mass is 16.6. The van der Waals surface area contributed by atoms with E-state index in [9.17, 15) is 4.79 Å². The van der Waals surface area contributed by atoms with E-state index in [4.69, 9.17) is 10.00 Å². The minimum absolute atomic E-state index is 0.0137. The zero-order chi connectivity index (χ0) is 12.3. The first-order valence-electron chi connectivity index (χ1n) is 5.74. The summed E-state index contributed by atoms with van der Waals surface area (Å²) < 4.78 is 5.32. The van der Waals surface area contributed by atoms with Crippen LogP contribution in [0.3, 0.4) is 0 Å². The van der Waals surface area contributed by atoms with Crippen molar-refractivity contribution in [3.63, 3.8) is 0 Å². The topological polar surface area (TPSA) is 53.3 Å². The molecule has 0 aromatic heterocycles. The van der Waals surface area contributed by atoms with Crippen molar-refractivity contribution in [1.82, 2.24) is 4.90 Å². The first kappa shape index (κ1) is 12.8. The third kappa shape index (κ3) is 3.13. The lowest BCUT2D eigenvalue weighted by Crippen LogP contribution is -2.42. The minimum atomic E-state index is -0.472. The molecular weight excluding hydrogens is 204 g/mol. The van der Waals surface area contributed by atoms with E-state index >= 15 is 0 Å². The molecule has 90 valence electrons. The predicted molar refractivity (Wildman–Crippen MR) is 60.7 cm³/mol. The van der Waals surface area contributed by atoms with Gasteiger partial charge in [-0.25, -0.2) is 4.79 Å². The monoisotopic (exact) mass is 224 g/mol. The molecule has 0 spiro atoms. The number of rotatable bonds is 1. The van der Waals surface area contributed by atoms with Gasteiger partial charge in [-0.1, -0.05) is 0 Å². The molecule has 4 nitrogen and oxygen atoms in total. The molecule has 0 saturated carbocycles. The van der Waals surface area contributed by atoms with Gasteiger partial charge in [0.05, 0.1) is 18.0 Å². The Morgan fingerprint density at radius 2 is 2.19 bits per heavy atom. The van der Waals surface area contributed by atoms with Crippen LogP contribution in [0.4, 0.5) is 4.79 Å². The summed E-state index contributed by atoms with van der Waals surface area (Å²) >= 11 is 0. The average molecular weight is 224 g/mol. The molecule has 0 N–H and O–H groups in total. The van der Waals surface area contributed by atoms with E-state index in [0.29, 0.717) is 6.54 Å². The Hall–Kier alpha value is -1.24. The molecule has 0 aliphatic carbocycles. The molecule has 0 unspecified atom stereocenters. The number of carbonyl (C=O) groups is 1. The second kappa shape index (κ2) is 4.73. The fourth-order valence-corrected chi connectivity index (χ4v) is 1.95. The number of carbonyl (C=O) groups excluding carboxylic acids is 1. The molecule has 1 aliphatic heterocycles. The molecule has 1 rings (SSSR count). The smallest absolute Gasteiger partial charge is 0.410 e. The highest BCUT2D eigenvalue weighted by Gasteiger charge is 2.35. The predicted octanol–water partition coefficient (Wildman–Crippen LogP) is 2.55. The quantitative estimate of drug-likeness (QED) is 0.687. The SMILES string of the molecule is C[C@H](C#N)[C@H]1CCCN1C(=O)OC(C)(C)C. The lowest BCUT2D eigenvalue weighted by molar-refractivity contribution is 0.0202. The molecule has 2 atom stereocenters. The third-order valence-corrected chi connectivity index (χ3v) is 2.71. The van der Waals surface area contributed by atoms with Gasteiger partial charge in [0.2, 0.25) is 0 Å². The summed E-state index contributed by atoms with van der Waals surface area (Å²) in [6.45, 7) is 8.11. The number of nitrogens with zero attached hydrogens (tertiary/aromatic N) is 2. The van der Waals surface area contributed by atoms with Gasteiger partial charge < -0.3 is 9.64 Å². The Morgan fingerprint density at radius 3 is 2.69 bits per heavy atom. The van der Waals surface area contributed by atoms with Gasteiger partial charge in [-0.15, -0.1) is 0 Å². The minimum Gasteiger partial charge on any atom is -0.444 e. The molecule has 1 amide bonds. The highest BCUT2D eigenvalue weighted by Crippen LogP contribution is 2.25. The van der Waals surface area contributed by atoms with Crippen LogP contribution in [0.25, 0.3) is 0 Å². The fourth-order valence-electron chi connectivity index (χ4n) is 1.95. The van der Waals surface area contributed by atoms with Crippen molar-refractivity contribution in [2.45, 2.75) is 52.2 Å². The molecule has 4 heteroatoms. The first-order valence-corrected chi connectivity index (χ1v) is 5.74. The average Bonchev–Trinajstić information content (AvgIpc) is 2.62. The molecule has 1 aliphatic rings. The van der Waals surface area contributed by atoms with Crippen molar-refractivity contribution in [3.8, 4) is 6.07 Å². The van der Waals surface area contributed by atoms with Crippen LogP contribution in [-0.2, 0) is 4.74 Å². The number of hydrogen-bond acceptors (Lipinski definition) is 3. The number of nitriles is 1. The van der Waals surface area contributed by atoms with Crippen molar-refractivity contribution in [2.24, 2.45) is 5.92 Å². The van der Waals surface area contributed by atoms with E-state index in [1.54, 1.807) is 4.90 Å². The van der Waals surface area contributed by atoms with Crippen LogP contribution in [0.2, 0.25) is 0 Å². The number of ether oxygens (including phenoxy) is 1. The molecule has 0 bridgehead atoms. The van der Waals surface area contributed by atoms with E-state index in [0.717, 1.165) is 12.8 Å². The van der Waals surface area contributed by atoms with E-state index in [1.165, 1.54) is 0 Å². The van der Waals surface area contributed by atoms with Crippen molar-refractivity contribution < 1.29 is 9.53 Å². The van der Waals surface area contributed by atoms with E-state index < -0.39 is 5.60 Å². The lowest BCUT2D eigenvalue weighted by Gasteiger charge is -2.29. The Bertz CT molecular complexity index is 301. The number of amides is 1. The first-order chi connectivity index (χ1) is 7.35. The molecular formula is C12H20N2O2. The molecule has 0 aromatic carbocycles. The second-order valence-electron chi connectivity index (χ2n) is 5.30. The van der Waals surface area contributed by atoms with Gasteiger partial charge in [-0.2, -0.15) is 5.26 Å². The second-order valence-corrected chi connectivity index (χ2v) is 5.30. The maximum Gasteiger partial charge on any atom is 0.410 e. The van der Waals surface area contributed by atoms with Crippen molar-refractivity contribution in [1.29, 1.82) is 5.26 Å². The normalized spacial score (nSPS) is 22.7. The summed E-state index contributed by atoms with van der Waals surface area (Å²) in [4.78, 5) is 13.6. The van der Waals surface area contributed by atoms with Crippen LogP contribution in [-0.4, -0.2) is 29.2 Å². The van der Waals surface area contributed by atoms with Gasteiger partial charge in [-0.05, 0) is 40.5 Å². The Morgan fingerprint density at radius 1 is 1.56 bits per heavy atom. The summed E-state index contributed by atoms with van der Waals surface area (Å²) in [7, 11) is 0. The summed E-state index contributed by atoms with van der Waals surface area (Å²) in [5.74, 6) is -0.130. The van der Waals surface area contributed by atoms with Crippen LogP contribution in [0.1, 0.15) is 40.5 Å². The summed E-state index contributed by atoms with van der Waals surface area (Å²) in [5, 5.41) is 8.90. The van der Waals surface area contributed by atoms with E-state index in [2.05, 4.69) is 6.07 Å². The Balaban J connectivity index is 2.65. The summed E-state index contributed by atoms with van der Waals surface area (Å²) in [6, 6.07) is 2.22. The van der Waals surface area contributed by atoms with Crippen molar-refractivity contribution in [2.75, 3.05) is 6.54 Å². The molecule has 0 aromatic rings. The molecule has 1 fully saturated rings. The molecule has 1 saturated heterocycles. The van der Waals surface area contributed by atoms with Crippen LogP contribution < -0.4 is 0 Å².